The van der Waals surface area contributed by atoms with Crippen molar-refractivity contribution in [3.8, 4) is 0 Å². The third kappa shape index (κ3) is 6.83. The zero-order valence-electron chi connectivity index (χ0n) is 21.5. The number of aryl methyl sites for hydroxylation is 1. The molecular weight excluding hydrogens is 458 g/mol. The molecule has 2 aromatic carbocycles. The number of hydrogen-bond donors (Lipinski definition) is 2. The van der Waals surface area contributed by atoms with Crippen LogP contribution in [0.5, 0.6) is 0 Å². The van der Waals surface area contributed by atoms with E-state index in [9.17, 15) is 0 Å². The largest absolute Gasteiger partial charge is 0.399 e. The van der Waals surface area contributed by atoms with Crippen LogP contribution < -0.4 is 25.8 Å². The molecule has 2 atom stereocenters. The highest BCUT2D eigenvalue weighted by atomic mass is 35.5. The Morgan fingerprint density at radius 3 is 1.77 bits per heavy atom. The molecule has 0 saturated carbocycles. The van der Waals surface area contributed by atoms with Crippen molar-refractivity contribution < 1.29 is 9.05 Å². The first kappa shape index (κ1) is 26.7. The van der Waals surface area contributed by atoms with Crippen molar-refractivity contribution in [1.82, 2.24) is 4.57 Å². The third-order valence-electron chi connectivity index (χ3n) is 7.15. The monoisotopic (exact) mass is 499 g/mol. The molecule has 190 valence electrons. The summed E-state index contributed by atoms with van der Waals surface area (Å²) in [5.74, 6) is 0. The number of halogens is 1. The molecule has 0 aliphatic carbocycles. The second-order valence-electron chi connectivity index (χ2n) is 10.6. The molecule has 3 heterocycles. The summed E-state index contributed by atoms with van der Waals surface area (Å²) in [7, 11) is 8.88. The van der Waals surface area contributed by atoms with Gasteiger partial charge in [0.05, 0.1) is 41.3 Å². The van der Waals surface area contributed by atoms with Crippen LogP contribution in [0.15, 0.2) is 67.3 Å². The number of nitrogens with two attached hydrogens (primary N) is 2. The van der Waals surface area contributed by atoms with Crippen LogP contribution in [-0.2, 0) is 7.05 Å². The van der Waals surface area contributed by atoms with Crippen LogP contribution in [0.1, 0.15) is 18.9 Å². The van der Waals surface area contributed by atoms with Crippen LogP contribution in [0.4, 0.5) is 22.7 Å². The number of benzene rings is 2. The minimum Gasteiger partial charge on any atom is -0.399 e. The molecule has 4 N–H and O–H groups in total. The van der Waals surface area contributed by atoms with Gasteiger partial charge in [-0.2, -0.15) is 0 Å². The normalized spacial score (nSPS) is 19.8. The molecule has 2 fully saturated rings. The Morgan fingerprint density at radius 2 is 1.31 bits per heavy atom. The van der Waals surface area contributed by atoms with E-state index in [2.05, 4.69) is 90.1 Å². The van der Waals surface area contributed by atoms with Crippen molar-refractivity contribution >= 4 is 35.2 Å². The molecule has 7 nitrogen and oxygen atoms in total. The average Bonchev–Trinajstić information content (AvgIpc) is 3.55. The summed E-state index contributed by atoms with van der Waals surface area (Å²) in [4.78, 5) is 4.87. The fourth-order valence-corrected chi connectivity index (χ4v) is 4.88. The van der Waals surface area contributed by atoms with Crippen LogP contribution in [0, 0.1) is 0 Å². The Kier molecular flexibility index (Phi) is 8.56. The highest BCUT2D eigenvalue weighted by Gasteiger charge is 2.32. The second-order valence-corrected chi connectivity index (χ2v) is 10.6. The molecule has 2 aliphatic heterocycles. The summed E-state index contributed by atoms with van der Waals surface area (Å²) in [5, 5.41) is 0. The minimum absolute atomic E-state index is 0. The van der Waals surface area contributed by atoms with Crippen molar-refractivity contribution in [3.63, 3.8) is 0 Å². The lowest BCUT2D eigenvalue weighted by Crippen LogP contribution is -2.46. The lowest BCUT2D eigenvalue weighted by atomic mass is 10.2. The summed E-state index contributed by atoms with van der Waals surface area (Å²) in [6.07, 6.45) is 8.85. The molecule has 0 radical (unpaired) electrons. The van der Waals surface area contributed by atoms with Crippen molar-refractivity contribution in [2.75, 3.05) is 68.6 Å². The maximum absolute atomic E-state index is 5.72. The van der Waals surface area contributed by atoms with Gasteiger partial charge < -0.3 is 25.8 Å². The first-order valence-corrected chi connectivity index (χ1v) is 12.2. The molecule has 2 aliphatic rings. The number of imidazole rings is 1. The fourth-order valence-electron chi connectivity index (χ4n) is 4.88. The van der Waals surface area contributed by atoms with E-state index >= 15 is 0 Å². The molecule has 35 heavy (non-hydrogen) atoms. The Labute approximate surface area is 216 Å². The van der Waals surface area contributed by atoms with Gasteiger partial charge >= 0.3 is 0 Å². The molecule has 1 aromatic heterocycles. The SMILES string of the molecule is C[N+](C)(C)C1CCN(c2ccc(N)cc2)C1.C[n+]1ccn(C2CCN(c3ccc(N)cc3)C2)c1.Cl. The van der Waals surface area contributed by atoms with Crippen molar-refractivity contribution in [2.45, 2.75) is 24.9 Å². The number of anilines is 4. The van der Waals surface area contributed by atoms with E-state index in [1.54, 1.807) is 0 Å². The summed E-state index contributed by atoms with van der Waals surface area (Å²) in [6, 6.07) is 17.7. The van der Waals surface area contributed by atoms with Crippen LogP contribution >= 0.6 is 12.4 Å². The van der Waals surface area contributed by atoms with Gasteiger partial charge in [0.25, 0.3) is 0 Å². The van der Waals surface area contributed by atoms with Crippen molar-refractivity contribution in [2.24, 2.45) is 7.05 Å². The predicted octanol–water partition coefficient (Wildman–Crippen LogP) is 3.32. The molecule has 0 bridgehead atoms. The van der Waals surface area contributed by atoms with E-state index in [0.29, 0.717) is 6.04 Å². The number of likely N-dealkylation sites (N-methyl/N-ethyl adjacent to an activating group) is 1. The molecule has 0 spiro atoms. The van der Waals surface area contributed by atoms with Crippen LogP contribution in [0.25, 0.3) is 0 Å². The number of nitrogen functional groups attached to an aromatic ring is 2. The van der Waals surface area contributed by atoms with Gasteiger partial charge in [-0.15, -0.1) is 12.4 Å². The van der Waals surface area contributed by atoms with E-state index in [0.717, 1.165) is 48.1 Å². The highest BCUT2D eigenvalue weighted by molar-refractivity contribution is 5.85. The summed E-state index contributed by atoms with van der Waals surface area (Å²) < 4.78 is 5.44. The quantitative estimate of drug-likeness (QED) is 0.328. The summed E-state index contributed by atoms with van der Waals surface area (Å²) in [6.45, 7) is 4.48. The number of aromatic nitrogens is 2. The Balaban J connectivity index is 0.000000192. The molecule has 5 rings (SSSR count). The maximum Gasteiger partial charge on any atom is 0.243 e. The first-order valence-electron chi connectivity index (χ1n) is 12.2. The van der Waals surface area contributed by atoms with E-state index in [4.69, 9.17) is 11.5 Å². The standard InChI is InChI=1S/C14H19N4.C13H22N3.ClH/c1-16-8-9-18(11-16)14-6-7-17(10-14)13-4-2-12(15)3-5-13;1-16(2,3)13-8-9-15(10-13)12-6-4-11(14)5-7-12;/h2-5,8-9,11,14H,6-7,10,15H2,1H3;4-7,13H,8-10,14H2,1-3H3;1H/q2*+1;. The first-order chi connectivity index (χ1) is 16.2. The van der Waals surface area contributed by atoms with Crippen molar-refractivity contribution in [1.29, 1.82) is 0 Å². The van der Waals surface area contributed by atoms with Crippen LogP contribution in [0.3, 0.4) is 0 Å². The Hall–Kier alpha value is -2.90. The molecule has 0 amide bonds. The minimum atomic E-state index is 0. The van der Waals surface area contributed by atoms with Gasteiger partial charge in [0.15, 0.2) is 0 Å². The Bertz CT molecular complexity index is 1060. The number of rotatable bonds is 4. The lowest BCUT2D eigenvalue weighted by molar-refractivity contribution is -0.893. The van der Waals surface area contributed by atoms with Gasteiger partial charge in [0.2, 0.25) is 6.33 Å². The zero-order chi connectivity index (χ0) is 24.3. The summed E-state index contributed by atoms with van der Waals surface area (Å²) >= 11 is 0. The van der Waals surface area contributed by atoms with Crippen LogP contribution in [0.2, 0.25) is 0 Å². The molecule has 2 saturated heterocycles. The van der Waals surface area contributed by atoms with Crippen molar-refractivity contribution in [3.05, 3.63) is 67.3 Å². The van der Waals surface area contributed by atoms with E-state index in [1.165, 1.54) is 24.2 Å². The van der Waals surface area contributed by atoms with Crippen LogP contribution in [-0.4, -0.2) is 62.4 Å². The number of quaternary nitrogens is 1. The smallest absolute Gasteiger partial charge is 0.243 e. The predicted molar refractivity (Wildman–Crippen MR) is 149 cm³/mol. The van der Waals surface area contributed by atoms with Gasteiger partial charge in [0, 0.05) is 48.7 Å². The van der Waals surface area contributed by atoms with E-state index in [-0.39, 0.29) is 12.4 Å². The van der Waals surface area contributed by atoms with Gasteiger partial charge in [-0.3, -0.25) is 0 Å². The fraction of sp³-hybridized carbons (Fsp3) is 0.444. The lowest BCUT2D eigenvalue weighted by Gasteiger charge is -2.31. The molecule has 3 aromatic rings. The molecule has 8 heteroatoms. The average molecular weight is 500 g/mol. The van der Waals surface area contributed by atoms with Gasteiger partial charge in [-0.25, -0.2) is 9.13 Å². The maximum atomic E-state index is 5.72. The number of hydrogen-bond acceptors (Lipinski definition) is 4. The molecule has 2 unspecified atom stereocenters. The van der Waals surface area contributed by atoms with Gasteiger partial charge in [0.1, 0.15) is 24.5 Å². The van der Waals surface area contributed by atoms with Gasteiger partial charge in [-0.1, -0.05) is 0 Å². The molecular formula is C27H42ClN7+2. The zero-order valence-corrected chi connectivity index (χ0v) is 22.4. The highest BCUT2D eigenvalue weighted by Crippen LogP contribution is 2.27. The number of nitrogens with zero attached hydrogens (tertiary/aromatic N) is 5. The Morgan fingerprint density at radius 1 is 0.800 bits per heavy atom. The van der Waals surface area contributed by atoms with E-state index < -0.39 is 0 Å². The third-order valence-corrected chi connectivity index (χ3v) is 7.15. The van der Waals surface area contributed by atoms with E-state index in [1.807, 2.05) is 24.3 Å². The second kappa shape index (κ2) is 11.2. The van der Waals surface area contributed by atoms with Gasteiger partial charge in [-0.05, 0) is 48.5 Å². The summed E-state index contributed by atoms with van der Waals surface area (Å²) in [5.41, 5.74) is 15.6. The topological polar surface area (TPSA) is 67.3 Å².